The van der Waals surface area contributed by atoms with Gasteiger partial charge in [-0.05, 0) is 17.7 Å². The summed E-state index contributed by atoms with van der Waals surface area (Å²) in [5, 5.41) is 3.58. The number of ether oxygens (including phenoxy) is 1. The van der Waals surface area contributed by atoms with Crippen molar-refractivity contribution in [3.8, 4) is 5.75 Å². The Bertz CT molecular complexity index is 483. The highest BCUT2D eigenvalue weighted by atomic mass is 16.5. The molecule has 0 spiro atoms. The number of nitrogens with zero attached hydrogens (tertiary/aromatic N) is 1. The van der Waals surface area contributed by atoms with Gasteiger partial charge in [-0.3, -0.25) is 9.59 Å². The number of amides is 2. The summed E-state index contributed by atoms with van der Waals surface area (Å²) in [6.45, 7) is 3.94. The summed E-state index contributed by atoms with van der Waals surface area (Å²) in [5.41, 5.74) is 7.44. The van der Waals surface area contributed by atoms with Crippen molar-refractivity contribution in [3.05, 3.63) is 42.5 Å². The Morgan fingerprint density at radius 2 is 2.28 bits per heavy atom. The molecule has 94 valence electrons. The van der Waals surface area contributed by atoms with E-state index in [2.05, 4.69) is 11.7 Å². The first-order valence-electron chi connectivity index (χ1n) is 5.10. The number of rotatable bonds is 5. The summed E-state index contributed by atoms with van der Waals surface area (Å²) in [7, 11) is 0. The lowest BCUT2D eigenvalue weighted by Gasteiger charge is -2.03. The Hall–Kier alpha value is -2.63. The topological polar surface area (TPSA) is 93.8 Å². The first-order valence-corrected chi connectivity index (χ1v) is 5.10. The number of nitrogens with two attached hydrogens (primary N) is 1. The average molecular weight is 247 g/mol. The molecule has 0 fully saturated rings. The highest BCUT2D eigenvalue weighted by Crippen LogP contribution is 2.11. The normalized spacial score (nSPS) is 10.0. The van der Waals surface area contributed by atoms with Crippen molar-refractivity contribution in [2.75, 3.05) is 6.61 Å². The van der Waals surface area contributed by atoms with Crippen LogP contribution in [0.3, 0.4) is 0 Å². The molecule has 1 aromatic carbocycles. The third kappa shape index (κ3) is 4.48. The second kappa shape index (κ2) is 6.85. The maximum Gasteiger partial charge on any atom is 0.329 e. The fourth-order valence-electron chi connectivity index (χ4n) is 1.06. The molecule has 0 atom stereocenters. The molecule has 1 aromatic rings. The number of hydrogen-bond acceptors (Lipinski definition) is 4. The van der Waals surface area contributed by atoms with Crippen LogP contribution in [0.2, 0.25) is 0 Å². The molecule has 0 radical (unpaired) electrons. The maximum absolute atomic E-state index is 10.8. The van der Waals surface area contributed by atoms with Gasteiger partial charge in [0.1, 0.15) is 12.4 Å². The smallest absolute Gasteiger partial charge is 0.329 e. The highest BCUT2D eigenvalue weighted by molar-refractivity contribution is 6.34. The van der Waals surface area contributed by atoms with E-state index in [4.69, 9.17) is 10.5 Å². The van der Waals surface area contributed by atoms with Crippen LogP contribution in [0, 0.1) is 0 Å². The minimum absolute atomic E-state index is 0.402. The average Bonchev–Trinajstić information content (AvgIpc) is 2.36. The molecule has 3 N–H and O–H groups in total. The van der Waals surface area contributed by atoms with Crippen LogP contribution in [0.4, 0.5) is 0 Å². The summed E-state index contributed by atoms with van der Waals surface area (Å²) < 4.78 is 5.32. The summed E-state index contributed by atoms with van der Waals surface area (Å²) in [6, 6.07) is 7.04. The van der Waals surface area contributed by atoms with E-state index in [1.165, 1.54) is 6.21 Å². The van der Waals surface area contributed by atoms with Crippen molar-refractivity contribution >= 4 is 18.0 Å². The van der Waals surface area contributed by atoms with Crippen molar-refractivity contribution in [1.82, 2.24) is 5.43 Å². The van der Waals surface area contributed by atoms with Crippen molar-refractivity contribution in [2.24, 2.45) is 10.8 Å². The molecule has 0 aliphatic rings. The van der Waals surface area contributed by atoms with E-state index in [1.54, 1.807) is 30.3 Å². The quantitative estimate of drug-likeness (QED) is 0.336. The van der Waals surface area contributed by atoms with E-state index < -0.39 is 11.8 Å². The number of benzene rings is 1. The number of carbonyl (C=O) groups excluding carboxylic acids is 2. The number of hydrogen-bond donors (Lipinski definition) is 2. The molecule has 0 saturated heterocycles. The number of carbonyl (C=O) groups is 2. The zero-order valence-electron chi connectivity index (χ0n) is 9.63. The lowest BCUT2D eigenvalue weighted by molar-refractivity contribution is -0.137. The van der Waals surface area contributed by atoms with Crippen LogP contribution in [0.1, 0.15) is 5.56 Å². The molecule has 0 saturated carbocycles. The molecular formula is C12H13N3O3. The van der Waals surface area contributed by atoms with Gasteiger partial charge in [0, 0.05) is 0 Å². The minimum atomic E-state index is -1.09. The van der Waals surface area contributed by atoms with Gasteiger partial charge in [0.2, 0.25) is 0 Å². The van der Waals surface area contributed by atoms with Crippen molar-refractivity contribution in [3.63, 3.8) is 0 Å². The first kappa shape index (κ1) is 13.4. The highest BCUT2D eigenvalue weighted by Gasteiger charge is 2.05. The van der Waals surface area contributed by atoms with E-state index in [0.717, 1.165) is 0 Å². The zero-order valence-corrected chi connectivity index (χ0v) is 9.63. The molecule has 0 heterocycles. The Balaban J connectivity index is 2.61. The van der Waals surface area contributed by atoms with E-state index in [0.29, 0.717) is 17.9 Å². The van der Waals surface area contributed by atoms with E-state index in [9.17, 15) is 9.59 Å². The molecule has 0 unspecified atom stereocenters. The van der Waals surface area contributed by atoms with Gasteiger partial charge < -0.3 is 10.5 Å². The number of nitrogens with one attached hydrogen (secondary N) is 1. The third-order valence-corrected chi connectivity index (χ3v) is 1.83. The van der Waals surface area contributed by atoms with E-state index in [-0.39, 0.29) is 0 Å². The second-order valence-corrected chi connectivity index (χ2v) is 3.24. The van der Waals surface area contributed by atoms with Gasteiger partial charge in [-0.25, -0.2) is 5.43 Å². The van der Waals surface area contributed by atoms with Gasteiger partial charge in [-0.2, -0.15) is 5.10 Å². The monoisotopic (exact) mass is 247 g/mol. The Morgan fingerprint density at radius 3 is 2.94 bits per heavy atom. The van der Waals surface area contributed by atoms with E-state index in [1.807, 2.05) is 5.43 Å². The van der Waals surface area contributed by atoms with Crippen LogP contribution in [0.25, 0.3) is 0 Å². The van der Waals surface area contributed by atoms with Gasteiger partial charge in [0.25, 0.3) is 0 Å². The third-order valence-electron chi connectivity index (χ3n) is 1.83. The zero-order chi connectivity index (χ0) is 13.4. The summed E-state index contributed by atoms with van der Waals surface area (Å²) in [6.07, 6.45) is 3.01. The van der Waals surface area contributed by atoms with Gasteiger partial charge in [-0.15, -0.1) is 0 Å². The predicted octanol–water partition coefficient (Wildman–Crippen LogP) is 0.187. The van der Waals surface area contributed by atoms with Crippen LogP contribution >= 0.6 is 0 Å². The fraction of sp³-hybridized carbons (Fsp3) is 0.0833. The lowest BCUT2D eigenvalue weighted by Crippen LogP contribution is -2.32. The Labute approximate surface area is 104 Å². The Morgan fingerprint density at radius 1 is 1.50 bits per heavy atom. The van der Waals surface area contributed by atoms with Gasteiger partial charge in [0.05, 0.1) is 6.21 Å². The number of hydrazone groups is 1. The van der Waals surface area contributed by atoms with Gasteiger partial charge in [0.15, 0.2) is 0 Å². The predicted molar refractivity (Wildman–Crippen MR) is 67.1 cm³/mol. The Kier molecular flexibility index (Phi) is 5.11. The molecule has 0 aliphatic carbocycles. The van der Waals surface area contributed by atoms with Crippen LogP contribution in [0.5, 0.6) is 5.75 Å². The van der Waals surface area contributed by atoms with Crippen LogP contribution < -0.4 is 15.9 Å². The molecule has 6 nitrogen and oxygen atoms in total. The number of primary amides is 1. The van der Waals surface area contributed by atoms with Crippen LogP contribution in [0.15, 0.2) is 42.0 Å². The second-order valence-electron chi connectivity index (χ2n) is 3.24. The molecule has 18 heavy (non-hydrogen) atoms. The molecular weight excluding hydrogens is 234 g/mol. The SMILES string of the molecule is C=CCOc1cccc(/C=N\NC(=O)C(N)=O)c1. The first-order chi connectivity index (χ1) is 8.63. The van der Waals surface area contributed by atoms with Crippen molar-refractivity contribution in [2.45, 2.75) is 0 Å². The molecule has 2 amide bonds. The molecule has 0 aromatic heterocycles. The lowest BCUT2D eigenvalue weighted by atomic mass is 10.2. The maximum atomic E-state index is 10.8. The van der Waals surface area contributed by atoms with Crippen LogP contribution in [-0.4, -0.2) is 24.6 Å². The van der Waals surface area contributed by atoms with Crippen molar-refractivity contribution in [1.29, 1.82) is 0 Å². The molecule has 0 aliphatic heterocycles. The standard InChI is InChI=1S/C12H13N3O3/c1-2-6-18-10-5-3-4-9(7-10)8-14-15-12(17)11(13)16/h2-5,7-8H,1,6H2,(H2,13,16)(H,15,17)/b14-8-. The van der Waals surface area contributed by atoms with Crippen LogP contribution in [-0.2, 0) is 9.59 Å². The molecule has 1 rings (SSSR count). The fourth-order valence-corrected chi connectivity index (χ4v) is 1.06. The summed E-state index contributed by atoms with van der Waals surface area (Å²) >= 11 is 0. The van der Waals surface area contributed by atoms with Gasteiger partial charge in [-0.1, -0.05) is 24.8 Å². The largest absolute Gasteiger partial charge is 0.490 e. The minimum Gasteiger partial charge on any atom is -0.490 e. The van der Waals surface area contributed by atoms with Gasteiger partial charge >= 0.3 is 11.8 Å². The van der Waals surface area contributed by atoms with E-state index >= 15 is 0 Å². The van der Waals surface area contributed by atoms with Crippen molar-refractivity contribution < 1.29 is 14.3 Å². The summed E-state index contributed by atoms with van der Waals surface area (Å²) in [4.78, 5) is 21.2. The summed E-state index contributed by atoms with van der Waals surface area (Å²) in [5.74, 6) is -1.40. The molecule has 0 bridgehead atoms. The molecule has 6 heteroatoms.